The predicted molar refractivity (Wildman–Crippen MR) is 68.7 cm³/mol. The van der Waals surface area contributed by atoms with E-state index in [1.165, 1.54) is 6.92 Å². The lowest BCUT2D eigenvalue weighted by Crippen LogP contribution is -2.28. The molecule has 0 amide bonds. The molecule has 0 saturated carbocycles. The summed E-state index contributed by atoms with van der Waals surface area (Å²) >= 11 is 5.34. The number of nitrogens with zero attached hydrogens (tertiary/aromatic N) is 1. The Balaban J connectivity index is 3.30. The van der Waals surface area contributed by atoms with Gasteiger partial charge in [-0.25, -0.2) is 9.38 Å². The van der Waals surface area contributed by atoms with Crippen LogP contribution in [-0.2, 0) is 10.1 Å². The van der Waals surface area contributed by atoms with E-state index in [4.69, 9.17) is 17.3 Å². The molecule has 0 unspecified atom stereocenters. The lowest BCUT2D eigenvalue weighted by Gasteiger charge is -2.12. The SMILES string of the molecule is Cc1cc(F)c(N=C(N)CCl)cc1OS(=O)(=O)C(F)(F)F. The zero-order valence-corrected chi connectivity index (χ0v) is 12.0. The van der Waals surface area contributed by atoms with Gasteiger partial charge in [-0.3, -0.25) is 0 Å². The van der Waals surface area contributed by atoms with Crippen molar-refractivity contribution >= 4 is 33.2 Å². The topological polar surface area (TPSA) is 81.8 Å². The third-order valence-electron chi connectivity index (χ3n) is 2.13. The van der Waals surface area contributed by atoms with Gasteiger partial charge in [-0.1, -0.05) is 0 Å². The Morgan fingerprint density at radius 2 is 2.00 bits per heavy atom. The van der Waals surface area contributed by atoms with E-state index in [9.17, 15) is 26.0 Å². The Kier molecular flexibility index (Phi) is 5.05. The average Bonchev–Trinajstić information content (AvgIpc) is 2.33. The van der Waals surface area contributed by atoms with Crippen molar-refractivity contribution in [3.63, 3.8) is 0 Å². The zero-order chi connectivity index (χ0) is 16.4. The molecule has 0 saturated heterocycles. The van der Waals surface area contributed by atoms with Crippen LogP contribution in [0.3, 0.4) is 0 Å². The van der Waals surface area contributed by atoms with Crippen molar-refractivity contribution in [2.24, 2.45) is 10.7 Å². The second-order valence-corrected chi connectivity index (χ2v) is 5.59. The Morgan fingerprint density at radius 3 is 2.48 bits per heavy atom. The standard InChI is InChI=1S/C10H9ClF4N2O3S/c1-5-2-6(12)7(17-9(16)4-11)3-8(5)20-21(18,19)10(13,14)15/h2-3H,4H2,1H3,(H2,16,17). The molecule has 0 aliphatic heterocycles. The van der Waals surface area contributed by atoms with E-state index in [0.29, 0.717) is 6.07 Å². The molecular formula is C10H9ClF4N2O3S. The normalized spacial score (nSPS) is 13.3. The molecule has 0 aliphatic carbocycles. The van der Waals surface area contributed by atoms with Crippen LogP contribution in [0.15, 0.2) is 17.1 Å². The maximum Gasteiger partial charge on any atom is 0.534 e. The van der Waals surface area contributed by atoms with Crippen LogP contribution in [0.4, 0.5) is 23.2 Å². The highest BCUT2D eigenvalue weighted by Gasteiger charge is 2.48. The summed E-state index contributed by atoms with van der Waals surface area (Å²) in [6.45, 7) is 1.17. The van der Waals surface area contributed by atoms with E-state index in [-0.39, 0.29) is 17.3 Å². The number of hydrogen-bond donors (Lipinski definition) is 1. The Hall–Kier alpha value is -1.55. The second-order valence-electron chi connectivity index (χ2n) is 3.79. The van der Waals surface area contributed by atoms with Crippen LogP contribution in [0.2, 0.25) is 0 Å². The highest BCUT2D eigenvalue weighted by Crippen LogP contribution is 2.32. The molecule has 1 rings (SSSR count). The molecule has 0 radical (unpaired) electrons. The molecule has 0 aromatic heterocycles. The van der Waals surface area contributed by atoms with Crippen molar-refractivity contribution in [2.45, 2.75) is 12.4 Å². The maximum absolute atomic E-state index is 13.6. The molecule has 0 fully saturated rings. The number of benzene rings is 1. The van der Waals surface area contributed by atoms with Gasteiger partial charge in [0.2, 0.25) is 0 Å². The largest absolute Gasteiger partial charge is 0.534 e. The smallest absolute Gasteiger partial charge is 0.386 e. The van der Waals surface area contributed by atoms with Gasteiger partial charge in [0, 0.05) is 6.07 Å². The van der Waals surface area contributed by atoms with E-state index in [1.807, 2.05) is 0 Å². The minimum Gasteiger partial charge on any atom is -0.386 e. The number of nitrogens with two attached hydrogens (primary N) is 1. The van der Waals surface area contributed by atoms with Crippen molar-refractivity contribution in [2.75, 3.05) is 5.88 Å². The van der Waals surface area contributed by atoms with Crippen molar-refractivity contribution in [1.82, 2.24) is 0 Å². The van der Waals surface area contributed by atoms with Crippen molar-refractivity contribution in [3.8, 4) is 5.75 Å². The lowest BCUT2D eigenvalue weighted by atomic mass is 10.2. The predicted octanol–water partition coefficient (Wildman–Crippen LogP) is 2.59. The summed E-state index contributed by atoms with van der Waals surface area (Å²) in [5.41, 5.74) is -0.991. The molecule has 0 heterocycles. The van der Waals surface area contributed by atoms with Crippen LogP contribution in [-0.4, -0.2) is 25.6 Å². The molecule has 5 nitrogen and oxygen atoms in total. The van der Waals surface area contributed by atoms with E-state index < -0.39 is 32.9 Å². The first kappa shape index (κ1) is 17.5. The summed E-state index contributed by atoms with van der Waals surface area (Å²) < 4.78 is 76.1. The van der Waals surface area contributed by atoms with E-state index in [2.05, 4.69) is 9.18 Å². The van der Waals surface area contributed by atoms with Crippen molar-refractivity contribution in [3.05, 3.63) is 23.5 Å². The first-order valence-corrected chi connectivity index (χ1v) is 7.12. The number of alkyl halides is 4. The fourth-order valence-corrected chi connectivity index (χ4v) is 1.74. The molecule has 2 N–H and O–H groups in total. The van der Waals surface area contributed by atoms with Gasteiger partial charge in [0.15, 0.2) is 0 Å². The van der Waals surface area contributed by atoms with Crippen LogP contribution >= 0.6 is 11.6 Å². The van der Waals surface area contributed by atoms with Crippen LogP contribution < -0.4 is 9.92 Å². The van der Waals surface area contributed by atoms with Crippen molar-refractivity contribution in [1.29, 1.82) is 0 Å². The minimum atomic E-state index is -5.87. The Morgan fingerprint density at radius 1 is 1.43 bits per heavy atom. The fraction of sp³-hybridized carbons (Fsp3) is 0.300. The molecule has 21 heavy (non-hydrogen) atoms. The number of halogens is 5. The van der Waals surface area contributed by atoms with E-state index >= 15 is 0 Å². The van der Waals surface area contributed by atoms with Crippen LogP contribution in [0, 0.1) is 12.7 Å². The van der Waals surface area contributed by atoms with Crippen LogP contribution in [0.5, 0.6) is 5.75 Å². The number of hydrogen-bond acceptors (Lipinski definition) is 4. The van der Waals surface area contributed by atoms with Gasteiger partial charge in [-0.15, -0.1) is 11.6 Å². The molecule has 0 spiro atoms. The third-order valence-corrected chi connectivity index (χ3v) is 3.37. The van der Waals surface area contributed by atoms with Gasteiger partial charge < -0.3 is 9.92 Å². The van der Waals surface area contributed by atoms with Gasteiger partial charge in [0.05, 0.1) is 5.88 Å². The lowest BCUT2D eigenvalue weighted by molar-refractivity contribution is -0.0500. The van der Waals surface area contributed by atoms with Gasteiger partial charge in [0.1, 0.15) is 23.1 Å². The number of amidine groups is 1. The summed E-state index contributed by atoms with van der Waals surface area (Å²) in [5.74, 6) is -2.08. The van der Waals surface area contributed by atoms with E-state index in [1.54, 1.807) is 0 Å². The Bertz CT molecular complexity index is 674. The highest BCUT2D eigenvalue weighted by atomic mass is 35.5. The monoisotopic (exact) mass is 348 g/mol. The summed E-state index contributed by atoms with van der Waals surface area (Å²) in [6, 6.07) is 1.45. The molecule has 11 heteroatoms. The summed E-state index contributed by atoms with van der Waals surface area (Å²) in [5, 5.41) is 0. The quantitative estimate of drug-likeness (QED) is 0.226. The fourth-order valence-electron chi connectivity index (χ4n) is 1.17. The Labute approximate surface area is 122 Å². The first-order valence-electron chi connectivity index (χ1n) is 5.18. The average molecular weight is 349 g/mol. The first-order chi connectivity index (χ1) is 9.48. The molecule has 118 valence electrons. The second kappa shape index (κ2) is 6.06. The van der Waals surface area contributed by atoms with Gasteiger partial charge in [-0.2, -0.15) is 21.6 Å². The van der Waals surface area contributed by atoms with Crippen molar-refractivity contribution < 1.29 is 30.2 Å². The number of aliphatic imine (C=N–C) groups is 1. The van der Waals surface area contributed by atoms with Gasteiger partial charge >= 0.3 is 15.6 Å². The third kappa shape index (κ3) is 4.21. The number of rotatable bonds is 4. The minimum absolute atomic E-state index is 0.163. The summed E-state index contributed by atoms with van der Waals surface area (Å²) in [7, 11) is -5.87. The number of aryl methyl sites for hydroxylation is 1. The van der Waals surface area contributed by atoms with Gasteiger partial charge in [0.25, 0.3) is 0 Å². The molecule has 1 aromatic rings. The van der Waals surface area contributed by atoms with Crippen LogP contribution in [0.25, 0.3) is 0 Å². The van der Waals surface area contributed by atoms with E-state index in [0.717, 1.165) is 6.07 Å². The zero-order valence-electron chi connectivity index (χ0n) is 10.4. The molecule has 1 aromatic carbocycles. The summed E-state index contributed by atoms with van der Waals surface area (Å²) in [4.78, 5) is 3.50. The molecule has 0 bridgehead atoms. The molecule has 0 atom stereocenters. The maximum atomic E-state index is 13.6. The molecule has 0 aliphatic rings. The van der Waals surface area contributed by atoms with Gasteiger partial charge in [-0.05, 0) is 18.6 Å². The highest BCUT2D eigenvalue weighted by molar-refractivity contribution is 7.88. The summed E-state index contributed by atoms with van der Waals surface area (Å²) in [6.07, 6.45) is 0. The van der Waals surface area contributed by atoms with Crippen LogP contribution in [0.1, 0.15) is 5.56 Å². The molecular weight excluding hydrogens is 340 g/mol.